The van der Waals surface area contributed by atoms with Crippen LogP contribution in [0.3, 0.4) is 0 Å². The lowest BCUT2D eigenvalue weighted by atomic mass is 10.0. The number of morpholine rings is 1. The molecule has 3 atom stereocenters. The van der Waals surface area contributed by atoms with Gasteiger partial charge in [-0.1, -0.05) is 13.0 Å². The Morgan fingerprint density at radius 1 is 1.40 bits per heavy atom. The Bertz CT molecular complexity index is 439. The molecule has 20 heavy (non-hydrogen) atoms. The van der Waals surface area contributed by atoms with E-state index in [0.717, 1.165) is 31.7 Å². The zero-order valence-electron chi connectivity index (χ0n) is 13.1. The standard InChI is InChI=1S/C16H27N3O/c1-5-15(17)7-14-6-11(2)16(18-8-14)19-9-12(3)20-13(4)10-19/h6,8,12-13,15H,5,7,9-10,17H2,1-4H3. The molecule has 0 amide bonds. The number of nitrogens with two attached hydrogens (primary N) is 1. The minimum absolute atomic E-state index is 0.227. The lowest BCUT2D eigenvalue weighted by Crippen LogP contribution is -2.46. The Morgan fingerprint density at radius 3 is 2.60 bits per heavy atom. The average molecular weight is 277 g/mol. The molecule has 0 radical (unpaired) electrons. The molecular formula is C16H27N3O. The van der Waals surface area contributed by atoms with E-state index in [2.05, 4.69) is 43.6 Å². The topological polar surface area (TPSA) is 51.4 Å². The molecule has 0 saturated carbocycles. The maximum atomic E-state index is 6.02. The summed E-state index contributed by atoms with van der Waals surface area (Å²) in [5, 5.41) is 0. The number of pyridine rings is 1. The number of aromatic nitrogens is 1. The van der Waals surface area contributed by atoms with Crippen molar-refractivity contribution >= 4 is 5.82 Å². The molecule has 112 valence electrons. The third-order valence-corrected chi connectivity index (χ3v) is 3.85. The average Bonchev–Trinajstić information content (AvgIpc) is 2.37. The summed E-state index contributed by atoms with van der Waals surface area (Å²) in [6.07, 6.45) is 4.39. The van der Waals surface area contributed by atoms with E-state index in [4.69, 9.17) is 10.5 Å². The fourth-order valence-electron chi connectivity index (χ4n) is 2.87. The van der Waals surface area contributed by atoms with Crippen molar-refractivity contribution in [1.29, 1.82) is 0 Å². The monoisotopic (exact) mass is 277 g/mol. The molecule has 1 aliphatic heterocycles. The highest BCUT2D eigenvalue weighted by atomic mass is 16.5. The van der Waals surface area contributed by atoms with E-state index in [1.54, 1.807) is 0 Å². The molecule has 1 saturated heterocycles. The third kappa shape index (κ3) is 3.70. The van der Waals surface area contributed by atoms with Gasteiger partial charge in [0.15, 0.2) is 0 Å². The van der Waals surface area contributed by atoms with Gasteiger partial charge in [0.2, 0.25) is 0 Å². The Morgan fingerprint density at radius 2 is 2.05 bits per heavy atom. The predicted molar refractivity (Wildman–Crippen MR) is 83.2 cm³/mol. The molecule has 2 rings (SSSR count). The zero-order chi connectivity index (χ0) is 14.7. The molecule has 1 aliphatic rings. The van der Waals surface area contributed by atoms with E-state index in [1.165, 1.54) is 11.1 Å². The second-order valence-electron chi connectivity index (χ2n) is 6.02. The fraction of sp³-hybridized carbons (Fsp3) is 0.688. The maximum absolute atomic E-state index is 6.02. The van der Waals surface area contributed by atoms with Gasteiger partial charge < -0.3 is 15.4 Å². The van der Waals surface area contributed by atoms with Crippen molar-refractivity contribution in [3.05, 3.63) is 23.4 Å². The molecule has 0 bridgehead atoms. The summed E-state index contributed by atoms with van der Waals surface area (Å²) in [5.41, 5.74) is 8.48. The molecule has 4 heteroatoms. The van der Waals surface area contributed by atoms with E-state index in [9.17, 15) is 0 Å². The number of aryl methyl sites for hydroxylation is 1. The summed E-state index contributed by atoms with van der Waals surface area (Å²) in [5.74, 6) is 1.08. The SMILES string of the molecule is CCC(N)Cc1cnc(N2CC(C)OC(C)C2)c(C)c1. The van der Waals surface area contributed by atoms with E-state index in [1.807, 2.05) is 6.20 Å². The van der Waals surface area contributed by atoms with Crippen LogP contribution >= 0.6 is 0 Å². The van der Waals surface area contributed by atoms with Gasteiger partial charge in [-0.2, -0.15) is 0 Å². The Balaban J connectivity index is 2.13. The van der Waals surface area contributed by atoms with Gasteiger partial charge in [0.05, 0.1) is 12.2 Å². The van der Waals surface area contributed by atoms with Crippen molar-refractivity contribution in [1.82, 2.24) is 4.98 Å². The van der Waals surface area contributed by atoms with Gasteiger partial charge in [-0.25, -0.2) is 4.98 Å². The summed E-state index contributed by atoms with van der Waals surface area (Å²) in [6, 6.07) is 2.45. The van der Waals surface area contributed by atoms with Crippen LogP contribution in [0.4, 0.5) is 5.82 Å². The summed E-state index contributed by atoms with van der Waals surface area (Å²) in [4.78, 5) is 7.00. The number of rotatable bonds is 4. The van der Waals surface area contributed by atoms with Gasteiger partial charge in [0.25, 0.3) is 0 Å². The number of hydrogen-bond acceptors (Lipinski definition) is 4. The van der Waals surface area contributed by atoms with Crippen LogP contribution < -0.4 is 10.6 Å². The van der Waals surface area contributed by atoms with Gasteiger partial charge in [-0.05, 0) is 44.7 Å². The number of anilines is 1. The van der Waals surface area contributed by atoms with Crippen molar-refractivity contribution in [3.8, 4) is 0 Å². The van der Waals surface area contributed by atoms with Crippen LogP contribution in [-0.4, -0.2) is 36.3 Å². The Kier molecular flexibility index (Phi) is 5.00. The van der Waals surface area contributed by atoms with E-state index in [0.29, 0.717) is 0 Å². The predicted octanol–water partition coefficient (Wildman–Crippen LogP) is 2.28. The minimum Gasteiger partial charge on any atom is -0.372 e. The summed E-state index contributed by atoms with van der Waals surface area (Å²) in [6.45, 7) is 10.3. The molecule has 2 N–H and O–H groups in total. The van der Waals surface area contributed by atoms with E-state index < -0.39 is 0 Å². The molecule has 1 fully saturated rings. The summed E-state index contributed by atoms with van der Waals surface area (Å²) in [7, 11) is 0. The third-order valence-electron chi connectivity index (χ3n) is 3.85. The van der Waals surface area contributed by atoms with Gasteiger partial charge in [0, 0.05) is 25.3 Å². The van der Waals surface area contributed by atoms with Gasteiger partial charge in [0.1, 0.15) is 5.82 Å². The smallest absolute Gasteiger partial charge is 0.131 e. The van der Waals surface area contributed by atoms with Crippen LogP contribution in [-0.2, 0) is 11.2 Å². The Hall–Kier alpha value is -1.13. The highest BCUT2D eigenvalue weighted by Gasteiger charge is 2.24. The van der Waals surface area contributed by atoms with Crippen LogP contribution in [0.5, 0.6) is 0 Å². The second-order valence-corrected chi connectivity index (χ2v) is 6.02. The molecule has 0 spiro atoms. The van der Waals surface area contributed by atoms with Gasteiger partial charge in [-0.15, -0.1) is 0 Å². The summed E-state index contributed by atoms with van der Waals surface area (Å²) < 4.78 is 5.78. The van der Waals surface area contributed by atoms with Gasteiger partial charge >= 0.3 is 0 Å². The first kappa shape index (κ1) is 15.3. The molecule has 1 aromatic rings. The highest BCUT2D eigenvalue weighted by molar-refractivity contribution is 5.48. The lowest BCUT2D eigenvalue weighted by Gasteiger charge is -2.36. The molecule has 3 unspecified atom stereocenters. The van der Waals surface area contributed by atoms with Crippen LogP contribution in [0.15, 0.2) is 12.3 Å². The van der Waals surface area contributed by atoms with E-state index >= 15 is 0 Å². The number of ether oxygens (including phenoxy) is 1. The molecule has 0 aliphatic carbocycles. The Labute approximate surface area is 122 Å². The molecular weight excluding hydrogens is 250 g/mol. The van der Waals surface area contributed by atoms with Crippen molar-refractivity contribution in [2.45, 2.75) is 58.8 Å². The second kappa shape index (κ2) is 6.55. The van der Waals surface area contributed by atoms with Crippen LogP contribution in [0, 0.1) is 6.92 Å². The molecule has 2 heterocycles. The number of nitrogens with zero attached hydrogens (tertiary/aromatic N) is 2. The van der Waals surface area contributed by atoms with Crippen molar-refractivity contribution in [3.63, 3.8) is 0 Å². The van der Waals surface area contributed by atoms with Gasteiger partial charge in [-0.3, -0.25) is 0 Å². The van der Waals surface area contributed by atoms with Crippen molar-refractivity contribution in [2.24, 2.45) is 5.73 Å². The summed E-state index contributed by atoms with van der Waals surface area (Å²) >= 11 is 0. The molecule has 0 aromatic carbocycles. The normalized spacial score (nSPS) is 24.8. The van der Waals surface area contributed by atoms with Crippen LogP contribution in [0.2, 0.25) is 0 Å². The van der Waals surface area contributed by atoms with Crippen LogP contribution in [0.25, 0.3) is 0 Å². The number of hydrogen-bond donors (Lipinski definition) is 1. The first-order valence-corrected chi connectivity index (χ1v) is 7.61. The maximum Gasteiger partial charge on any atom is 0.131 e. The minimum atomic E-state index is 0.227. The van der Waals surface area contributed by atoms with E-state index in [-0.39, 0.29) is 18.2 Å². The fourth-order valence-corrected chi connectivity index (χ4v) is 2.87. The van der Waals surface area contributed by atoms with Crippen molar-refractivity contribution in [2.75, 3.05) is 18.0 Å². The zero-order valence-corrected chi connectivity index (χ0v) is 13.1. The largest absolute Gasteiger partial charge is 0.372 e. The molecule has 4 nitrogen and oxygen atoms in total. The highest BCUT2D eigenvalue weighted by Crippen LogP contribution is 2.22. The lowest BCUT2D eigenvalue weighted by molar-refractivity contribution is -0.00549. The first-order valence-electron chi connectivity index (χ1n) is 7.61. The quantitative estimate of drug-likeness (QED) is 0.917. The van der Waals surface area contributed by atoms with Crippen molar-refractivity contribution < 1.29 is 4.74 Å². The first-order chi connectivity index (χ1) is 9.49. The van der Waals surface area contributed by atoms with Crippen LogP contribution in [0.1, 0.15) is 38.3 Å². The molecule has 1 aromatic heterocycles.